The van der Waals surface area contributed by atoms with Crippen LogP contribution in [0.15, 0.2) is 140 Å². The van der Waals surface area contributed by atoms with Crippen molar-refractivity contribution in [3.8, 4) is 50.6 Å². The van der Waals surface area contributed by atoms with Gasteiger partial charge in [0.25, 0.3) is 0 Å². The van der Waals surface area contributed by atoms with E-state index in [9.17, 15) is 0 Å². The maximum Gasteiger partial charge on any atom is 0.159 e. The summed E-state index contributed by atoms with van der Waals surface area (Å²) >= 11 is 0. The van der Waals surface area contributed by atoms with E-state index in [1.165, 1.54) is 65.7 Å². The molecule has 0 spiro atoms. The van der Waals surface area contributed by atoms with Crippen LogP contribution in [-0.2, 0) is 5.41 Å². The summed E-state index contributed by atoms with van der Waals surface area (Å²) in [6.07, 6.45) is 0. The van der Waals surface area contributed by atoms with Crippen molar-refractivity contribution in [3.63, 3.8) is 0 Å². The number of aromatic nitrogens is 3. The molecule has 0 bridgehead atoms. The average Bonchev–Trinajstić information content (AvgIpc) is 3.69. The van der Waals surface area contributed by atoms with Gasteiger partial charge in [0.2, 0.25) is 0 Å². The van der Waals surface area contributed by atoms with Gasteiger partial charge in [0, 0.05) is 43.9 Å². The van der Waals surface area contributed by atoms with Crippen LogP contribution in [0.1, 0.15) is 25.0 Å². The van der Waals surface area contributed by atoms with Gasteiger partial charge in [0.05, 0.1) is 16.7 Å². The zero-order chi connectivity index (χ0) is 33.1. The van der Waals surface area contributed by atoms with Gasteiger partial charge < -0.3 is 4.57 Å². The Labute approximate surface area is 287 Å². The van der Waals surface area contributed by atoms with E-state index in [0.29, 0.717) is 0 Å². The van der Waals surface area contributed by atoms with Crippen LogP contribution in [0, 0.1) is 0 Å². The predicted octanol–water partition coefficient (Wildman–Crippen LogP) is 10.0. The van der Waals surface area contributed by atoms with Crippen LogP contribution < -0.4 is 10.5 Å². The van der Waals surface area contributed by atoms with Crippen LogP contribution in [-0.4, -0.2) is 22.6 Å². The number of nitrogens with zero attached hydrogens (tertiary/aromatic N) is 3. The molecule has 10 rings (SSSR count). The largest absolute Gasteiger partial charge is 0.309 e. The quantitative estimate of drug-likeness (QED) is 0.179. The van der Waals surface area contributed by atoms with Crippen molar-refractivity contribution in [1.29, 1.82) is 0 Å². The monoisotopic (exact) mass is 645 g/mol. The molecule has 8 aromatic rings. The van der Waals surface area contributed by atoms with E-state index in [1.807, 2.05) is 6.07 Å². The van der Waals surface area contributed by atoms with Crippen molar-refractivity contribution in [2.24, 2.45) is 0 Å². The van der Waals surface area contributed by atoms with E-state index in [-0.39, 0.29) is 5.41 Å². The Hall–Kier alpha value is -5.58. The number of hydrogen-bond acceptors (Lipinski definition) is 2. The van der Waals surface area contributed by atoms with Crippen molar-refractivity contribution in [3.05, 3.63) is 151 Å². The van der Waals surface area contributed by atoms with Gasteiger partial charge in [-0.25, -0.2) is 9.97 Å². The molecule has 0 atom stereocenters. The molecule has 0 radical (unpaired) electrons. The molecule has 1 aliphatic heterocycles. The SMILES string of the molecule is CC1(C)c2ccccc2-c2c1ccc1c2c2ccccc2n1-c1ccc(-c2nc(-c3ccccc3)nc3c2-c2ccccc2[Si]3(C)C)cc1. The standard InChI is InChI=1S/C45H35N3Si/c1-45(2)34-19-11-8-16-31(34)39-35(45)26-27-37-40(39)32-17-9-12-20-36(32)48(37)30-24-22-28(23-25-30)42-41-33-18-10-13-21-38(33)49(3,4)44(41)47-43(46-42)29-14-6-5-7-15-29/h5-27H,1-4H3. The molecule has 0 amide bonds. The van der Waals surface area contributed by atoms with Gasteiger partial charge in [-0.05, 0) is 57.3 Å². The summed E-state index contributed by atoms with van der Waals surface area (Å²) in [5, 5.41) is 5.28. The first kappa shape index (κ1) is 28.4. The van der Waals surface area contributed by atoms with Crippen molar-refractivity contribution < 1.29 is 0 Å². The molecule has 1 aliphatic carbocycles. The molecule has 3 nitrogen and oxygen atoms in total. The lowest BCUT2D eigenvalue weighted by Crippen LogP contribution is -2.50. The van der Waals surface area contributed by atoms with Crippen LogP contribution in [0.4, 0.5) is 0 Å². The van der Waals surface area contributed by atoms with E-state index < -0.39 is 8.07 Å². The zero-order valence-corrected chi connectivity index (χ0v) is 29.1. The summed E-state index contributed by atoms with van der Waals surface area (Å²) in [5.41, 5.74) is 14.7. The van der Waals surface area contributed by atoms with Crippen molar-refractivity contribution in [1.82, 2.24) is 14.5 Å². The minimum atomic E-state index is -2.03. The number of rotatable bonds is 3. The Morgan fingerprint density at radius 3 is 2.06 bits per heavy atom. The third kappa shape index (κ3) is 3.83. The maximum absolute atomic E-state index is 5.32. The fraction of sp³-hybridized carbons (Fsp3) is 0.111. The van der Waals surface area contributed by atoms with Crippen molar-refractivity contribution in [2.75, 3.05) is 0 Å². The van der Waals surface area contributed by atoms with E-state index in [4.69, 9.17) is 9.97 Å². The van der Waals surface area contributed by atoms with Crippen molar-refractivity contribution in [2.45, 2.75) is 32.4 Å². The Morgan fingerprint density at radius 2 is 1.24 bits per heavy atom. The zero-order valence-electron chi connectivity index (χ0n) is 28.1. The second-order valence-corrected chi connectivity index (χ2v) is 18.9. The Kier molecular flexibility index (Phi) is 5.79. The predicted molar refractivity (Wildman–Crippen MR) is 207 cm³/mol. The number of para-hydroxylation sites is 1. The molecule has 49 heavy (non-hydrogen) atoms. The molecule has 0 saturated heterocycles. The van der Waals surface area contributed by atoms with Crippen molar-refractivity contribution >= 4 is 40.4 Å². The number of benzene rings is 6. The molecule has 0 N–H and O–H groups in total. The van der Waals surface area contributed by atoms with Gasteiger partial charge in [-0.15, -0.1) is 0 Å². The molecule has 3 heterocycles. The summed E-state index contributed by atoms with van der Waals surface area (Å²) in [4.78, 5) is 10.6. The van der Waals surface area contributed by atoms with Gasteiger partial charge in [-0.2, -0.15) is 0 Å². The Bertz CT molecular complexity index is 2650. The summed E-state index contributed by atoms with van der Waals surface area (Å²) in [6.45, 7) is 9.56. The highest BCUT2D eigenvalue weighted by molar-refractivity contribution is 7.03. The van der Waals surface area contributed by atoms with Gasteiger partial charge >= 0.3 is 0 Å². The van der Waals surface area contributed by atoms with Gasteiger partial charge in [0.15, 0.2) is 5.82 Å². The lowest BCUT2D eigenvalue weighted by molar-refractivity contribution is 0.661. The molecule has 0 saturated carbocycles. The molecule has 234 valence electrons. The van der Waals surface area contributed by atoms with E-state index in [0.717, 1.165) is 28.3 Å². The average molecular weight is 646 g/mol. The minimum absolute atomic E-state index is 0.0442. The molecule has 4 heteroatoms. The summed E-state index contributed by atoms with van der Waals surface area (Å²) < 4.78 is 2.44. The number of hydrogen-bond donors (Lipinski definition) is 0. The molecular formula is C45H35N3Si. The normalized spacial score (nSPS) is 14.9. The smallest absolute Gasteiger partial charge is 0.159 e. The maximum atomic E-state index is 5.32. The molecule has 2 aromatic heterocycles. The molecule has 2 aliphatic rings. The van der Waals surface area contributed by atoms with Crippen LogP contribution in [0.5, 0.6) is 0 Å². The lowest BCUT2D eigenvalue weighted by atomic mass is 9.82. The Morgan fingerprint density at radius 1 is 0.551 bits per heavy atom. The van der Waals surface area contributed by atoms with E-state index >= 15 is 0 Å². The highest BCUT2D eigenvalue weighted by Crippen LogP contribution is 2.53. The number of fused-ring (bicyclic) bond motifs is 10. The van der Waals surface area contributed by atoms with Crippen LogP contribution in [0.3, 0.4) is 0 Å². The fourth-order valence-corrected chi connectivity index (χ4v) is 11.7. The van der Waals surface area contributed by atoms with Crippen LogP contribution >= 0.6 is 0 Å². The summed E-state index contributed by atoms with van der Waals surface area (Å²) in [6, 6.07) is 50.9. The summed E-state index contributed by atoms with van der Waals surface area (Å²) in [7, 11) is -2.03. The second-order valence-electron chi connectivity index (χ2n) is 14.6. The first-order chi connectivity index (χ1) is 23.8. The lowest BCUT2D eigenvalue weighted by Gasteiger charge is -2.21. The van der Waals surface area contributed by atoms with Crippen LogP contribution in [0.25, 0.3) is 72.4 Å². The second kappa shape index (κ2) is 9.97. The third-order valence-electron chi connectivity index (χ3n) is 11.2. The van der Waals surface area contributed by atoms with Gasteiger partial charge in [-0.1, -0.05) is 142 Å². The van der Waals surface area contributed by atoms with Crippen LogP contribution in [0.2, 0.25) is 13.1 Å². The first-order valence-corrected chi connectivity index (χ1v) is 20.2. The highest BCUT2D eigenvalue weighted by atomic mass is 28.3. The van der Waals surface area contributed by atoms with Gasteiger partial charge in [-0.3, -0.25) is 0 Å². The summed E-state index contributed by atoms with van der Waals surface area (Å²) in [5.74, 6) is 0.797. The fourth-order valence-electron chi connectivity index (χ4n) is 8.77. The van der Waals surface area contributed by atoms with E-state index in [2.05, 4.69) is 165 Å². The van der Waals surface area contributed by atoms with E-state index in [1.54, 1.807) is 0 Å². The highest BCUT2D eigenvalue weighted by Gasteiger charge is 2.41. The molecule has 6 aromatic carbocycles. The first-order valence-electron chi connectivity index (χ1n) is 17.2. The molecule has 0 unspecified atom stereocenters. The molecule has 0 fully saturated rings. The van der Waals surface area contributed by atoms with Gasteiger partial charge in [0.1, 0.15) is 8.07 Å². The third-order valence-corrected chi connectivity index (χ3v) is 14.5. The Balaban J connectivity index is 1.19. The topological polar surface area (TPSA) is 30.7 Å². The minimum Gasteiger partial charge on any atom is -0.309 e. The molecular weight excluding hydrogens is 611 g/mol.